The van der Waals surface area contributed by atoms with Crippen LogP contribution in [0.2, 0.25) is 0 Å². The van der Waals surface area contributed by atoms with Gasteiger partial charge in [0.2, 0.25) is 0 Å². The molecule has 1 aromatic heterocycles. The second-order valence-corrected chi connectivity index (χ2v) is 3.17. The third-order valence-corrected chi connectivity index (χ3v) is 2.06. The molecule has 0 unspecified atom stereocenters. The molecule has 6 heteroatoms. The maximum atomic E-state index is 11.8. The smallest absolute Gasteiger partial charge is 0.325 e. The van der Waals surface area contributed by atoms with E-state index in [2.05, 4.69) is 4.98 Å². The van der Waals surface area contributed by atoms with Gasteiger partial charge in [-0.2, -0.15) is 13.2 Å². The number of hydrogen-bond acceptors (Lipinski definition) is 3. The number of nitrogens with zero attached hydrogens (tertiary/aromatic N) is 1. The van der Waals surface area contributed by atoms with Crippen LogP contribution in [0.3, 0.4) is 0 Å². The summed E-state index contributed by atoms with van der Waals surface area (Å²) in [5.41, 5.74) is 5.70. The number of alkyl halides is 3. The zero-order valence-corrected chi connectivity index (χ0v) is 6.87. The van der Waals surface area contributed by atoms with E-state index in [1.807, 2.05) is 0 Å². The Morgan fingerprint density at radius 2 is 2.17 bits per heavy atom. The molecule has 0 aliphatic heterocycles. The summed E-state index contributed by atoms with van der Waals surface area (Å²) in [7, 11) is 0. The lowest BCUT2D eigenvalue weighted by Crippen LogP contribution is -2.11. The molecule has 0 aliphatic carbocycles. The zero-order valence-electron chi connectivity index (χ0n) is 6.06. The lowest BCUT2D eigenvalue weighted by Gasteiger charge is -2.01. The first kappa shape index (κ1) is 9.47. The molecule has 12 heavy (non-hydrogen) atoms. The summed E-state index contributed by atoms with van der Waals surface area (Å²) in [6.07, 6.45) is -5.14. The molecule has 0 bridgehead atoms. The number of thiazole rings is 1. The molecule has 68 valence electrons. The standard InChI is InChI=1S/C6H7F3N2S/c7-6(8,9)1-5-11-4(2-10)3-12-5/h3H,1-2,10H2. The lowest BCUT2D eigenvalue weighted by atomic mass is 10.4. The van der Waals surface area contributed by atoms with Crippen LogP contribution in [0.15, 0.2) is 5.38 Å². The molecule has 2 N–H and O–H groups in total. The molecular formula is C6H7F3N2S. The molecule has 2 nitrogen and oxygen atoms in total. The first-order valence-corrected chi connectivity index (χ1v) is 4.09. The number of nitrogens with two attached hydrogens (primary N) is 1. The second-order valence-electron chi connectivity index (χ2n) is 2.23. The van der Waals surface area contributed by atoms with Gasteiger partial charge >= 0.3 is 6.18 Å². The van der Waals surface area contributed by atoms with Gasteiger partial charge in [-0.05, 0) is 0 Å². The van der Waals surface area contributed by atoms with Crippen molar-refractivity contribution in [1.29, 1.82) is 0 Å². The molecule has 1 rings (SSSR count). The van der Waals surface area contributed by atoms with Crippen molar-refractivity contribution in [2.24, 2.45) is 5.73 Å². The number of halogens is 3. The quantitative estimate of drug-likeness (QED) is 0.782. The number of aromatic nitrogens is 1. The van der Waals surface area contributed by atoms with Crippen LogP contribution in [0.5, 0.6) is 0 Å². The van der Waals surface area contributed by atoms with E-state index >= 15 is 0 Å². The minimum absolute atomic E-state index is 0.0722. The predicted molar refractivity (Wildman–Crippen MR) is 39.8 cm³/mol. The minimum Gasteiger partial charge on any atom is -0.325 e. The zero-order chi connectivity index (χ0) is 9.19. The van der Waals surface area contributed by atoms with Gasteiger partial charge < -0.3 is 5.73 Å². The van der Waals surface area contributed by atoms with Crippen molar-refractivity contribution in [1.82, 2.24) is 4.98 Å². The van der Waals surface area contributed by atoms with Crippen molar-refractivity contribution >= 4 is 11.3 Å². The van der Waals surface area contributed by atoms with E-state index in [0.717, 1.165) is 11.3 Å². The first-order valence-electron chi connectivity index (χ1n) is 3.21. The van der Waals surface area contributed by atoms with Gasteiger partial charge in [0, 0.05) is 11.9 Å². The van der Waals surface area contributed by atoms with E-state index in [4.69, 9.17) is 5.73 Å². The molecule has 0 atom stereocenters. The Kier molecular flexibility index (Phi) is 2.69. The Labute approximate surface area is 71.2 Å². The highest BCUT2D eigenvalue weighted by atomic mass is 32.1. The number of rotatable bonds is 2. The van der Waals surface area contributed by atoms with Gasteiger partial charge in [0.15, 0.2) is 0 Å². The summed E-state index contributed by atoms with van der Waals surface area (Å²) in [4.78, 5) is 3.69. The SMILES string of the molecule is NCc1csc(CC(F)(F)F)n1. The molecule has 1 heterocycles. The predicted octanol–water partition coefficient (Wildman–Crippen LogP) is 1.71. The van der Waals surface area contributed by atoms with Gasteiger partial charge in [-0.25, -0.2) is 4.98 Å². The van der Waals surface area contributed by atoms with Crippen molar-refractivity contribution in [2.45, 2.75) is 19.1 Å². The molecule has 1 aromatic rings. The third-order valence-electron chi connectivity index (χ3n) is 1.16. The van der Waals surface area contributed by atoms with E-state index in [1.165, 1.54) is 0 Å². The van der Waals surface area contributed by atoms with Gasteiger partial charge in [-0.3, -0.25) is 0 Å². The van der Waals surface area contributed by atoms with Crippen LogP contribution in [0.4, 0.5) is 13.2 Å². The fourth-order valence-electron chi connectivity index (χ4n) is 0.695. The van der Waals surface area contributed by atoms with E-state index < -0.39 is 12.6 Å². The van der Waals surface area contributed by atoms with E-state index in [0.29, 0.717) is 5.69 Å². The molecular weight excluding hydrogens is 189 g/mol. The summed E-state index contributed by atoms with van der Waals surface area (Å²) in [5.74, 6) is 0. The van der Waals surface area contributed by atoms with Gasteiger partial charge in [0.1, 0.15) is 5.01 Å². The van der Waals surface area contributed by atoms with Crippen molar-refractivity contribution in [3.8, 4) is 0 Å². The largest absolute Gasteiger partial charge is 0.395 e. The molecule has 0 amide bonds. The van der Waals surface area contributed by atoms with Crippen LogP contribution >= 0.6 is 11.3 Å². The van der Waals surface area contributed by atoms with Crippen LogP contribution in [0, 0.1) is 0 Å². The van der Waals surface area contributed by atoms with Crippen molar-refractivity contribution < 1.29 is 13.2 Å². The fourth-order valence-corrected chi connectivity index (χ4v) is 1.53. The molecule has 0 spiro atoms. The molecule has 0 saturated carbocycles. The summed E-state index contributed by atoms with van der Waals surface area (Å²) in [6, 6.07) is 0. The Morgan fingerprint density at radius 3 is 2.58 bits per heavy atom. The van der Waals surface area contributed by atoms with Crippen LogP contribution in [0.25, 0.3) is 0 Å². The average molecular weight is 196 g/mol. The highest BCUT2D eigenvalue weighted by Gasteiger charge is 2.29. The van der Waals surface area contributed by atoms with E-state index in [-0.39, 0.29) is 11.6 Å². The van der Waals surface area contributed by atoms with Gasteiger partial charge in [-0.15, -0.1) is 11.3 Å². The summed E-state index contributed by atoms with van der Waals surface area (Å²) in [5, 5.41) is 1.61. The van der Waals surface area contributed by atoms with Crippen molar-refractivity contribution in [2.75, 3.05) is 0 Å². The number of hydrogen-bond donors (Lipinski definition) is 1. The lowest BCUT2D eigenvalue weighted by molar-refractivity contribution is -0.127. The molecule has 0 fully saturated rings. The molecule has 0 radical (unpaired) electrons. The normalized spacial score (nSPS) is 12.0. The van der Waals surface area contributed by atoms with Gasteiger partial charge in [0.05, 0.1) is 12.1 Å². The third kappa shape index (κ3) is 2.78. The Balaban J connectivity index is 2.64. The van der Waals surface area contributed by atoms with Crippen molar-refractivity contribution in [3.05, 3.63) is 16.1 Å². The summed E-state index contributed by atoms with van der Waals surface area (Å²) in [6.45, 7) is 0.189. The van der Waals surface area contributed by atoms with Crippen LogP contribution < -0.4 is 5.73 Å². The summed E-state index contributed by atoms with van der Waals surface area (Å²) < 4.78 is 35.4. The van der Waals surface area contributed by atoms with E-state index in [1.54, 1.807) is 5.38 Å². The maximum absolute atomic E-state index is 11.8. The maximum Gasteiger partial charge on any atom is 0.395 e. The first-order chi connectivity index (χ1) is 5.51. The van der Waals surface area contributed by atoms with E-state index in [9.17, 15) is 13.2 Å². The van der Waals surface area contributed by atoms with Crippen LogP contribution in [-0.2, 0) is 13.0 Å². The Hall–Kier alpha value is -0.620. The Bertz CT molecular complexity index is 256. The topological polar surface area (TPSA) is 38.9 Å². The fraction of sp³-hybridized carbons (Fsp3) is 0.500. The molecule has 0 aliphatic rings. The van der Waals surface area contributed by atoms with Crippen LogP contribution in [-0.4, -0.2) is 11.2 Å². The van der Waals surface area contributed by atoms with Gasteiger partial charge in [-0.1, -0.05) is 0 Å². The highest BCUT2D eigenvalue weighted by molar-refractivity contribution is 7.09. The minimum atomic E-state index is -4.18. The van der Waals surface area contributed by atoms with Crippen LogP contribution in [0.1, 0.15) is 10.7 Å². The Morgan fingerprint density at radius 1 is 1.50 bits per heavy atom. The molecule has 0 saturated heterocycles. The molecule has 0 aromatic carbocycles. The average Bonchev–Trinajstić information content (AvgIpc) is 2.32. The summed E-state index contributed by atoms with van der Waals surface area (Å²) >= 11 is 0.990. The van der Waals surface area contributed by atoms with Gasteiger partial charge in [0.25, 0.3) is 0 Å². The van der Waals surface area contributed by atoms with Crippen molar-refractivity contribution in [3.63, 3.8) is 0 Å². The highest BCUT2D eigenvalue weighted by Crippen LogP contribution is 2.23. The second kappa shape index (κ2) is 3.40. The monoisotopic (exact) mass is 196 g/mol.